The number of non-ortho nitro benzene ring substituents is 1. The third kappa shape index (κ3) is 4.00. The Kier molecular flexibility index (Phi) is 5.09. The van der Waals surface area contributed by atoms with Gasteiger partial charge in [0.05, 0.1) is 11.0 Å². The molecule has 2 N–H and O–H groups in total. The van der Waals surface area contributed by atoms with Crippen molar-refractivity contribution in [2.75, 3.05) is 11.9 Å². The van der Waals surface area contributed by atoms with E-state index in [-0.39, 0.29) is 17.7 Å². The molecule has 18 heavy (non-hydrogen) atoms. The maximum Gasteiger partial charge on any atom is 0.269 e. The van der Waals surface area contributed by atoms with E-state index in [9.17, 15) is 15.2 Å². The predicted molar refractivity (Wildman–Crippen MR) is 71.8 cm³/mol. The van der Waals surface area contributed by atoms with Crippen molar-refractivity contribution in [1.82, 2.24) is 0 Å². The Balaban J connectivity index is 2.56. The first-order chi connectivity index (χ1) is 8.41. The number of nitro groups is 1. The average molecular weight is 252 g/mol. The number of rotatable bonds is 6. The minimum absolute atomic E-state index is 0.0975. The van der Waals surface area contributed by atoms with E-state index in [2.05, 4.69) is 5.32 Å². The van der Waals surface area contributed by atoms with Gasteiger partial charge >= 0.3 is 0 Å². The van der Waals surface area contributed by atoms with Crippen LogP contribution in [0.5, 0.6) is 0 Å². The van der Waals surface area contributed by atoms with Crippen LogP contribution in [0.3, 0.4) is 0 Å². The number of hydrogen-bond acceptors (Lipinski definition) is 4. The van der Waals surface area contributed by atoms with E-state index >= 15 is 0 Å². The number of anilines is 1. The first-order valence-corrected chi connectivity index (χ1v) is 6.08. The zero-order valence-corrected chi connectivity index (χ0v) is 11.0. The minimum atomic E-state index is -0.403. The number of nitrogens with one attached hydrogen (secondary N) is 1. The second kappa shape index (κ2) is 6.35. The summed E-state index contributed by atoms with van der Waals surface area (Å²) in [6.45, 7) is 6.43. The fraction of sp³-hybridized carbons (Fsp3) is 0.538. The number of aryl methyl sites for hydroxylation is 1. The van der Waals surface area contributed by atoms with Crippen LogP contribution in [-0.4, -0.2) is 22.7 Å². The van der Waals surface area contributed by atoms with Crippen LogP contribution >= 0.6 is 0 Å². The number of nitrogens with zero attached hydrogens (tertiary/aromatic N) is 1. The molecule has 5 heteroatoms. The van der Waals surface area contributed by atoms with E-state index in [1.165, 1.54) is 6.07 Å². The van der Waals surface area contributed by atoms with Gasteiger partial charge in [-0.1, -0.05) is 13.8 Å². The minimum Gasteiger partial charge on any atom is -0.393 e. The summed E-state index contributed by atoms with van der Waals surface area (Å²) in [6.07, 6.45) is 0.338. The summed E-state index contributed by atoms with van der Waals surface area (Å²) in [5.41, 5.74) is 1.81. The third-order valence-corrected chi connectivity index (χ3v) is 2.95. The van der Waals surface area contributed by atoms with Gasteiger partial charge in [-0.2, -0.15) is 0 Å². The predicted octanol–water partition coefficient (Wildman–Crippen LogP) is 2.72. The number of hydrogen-bond donors (Lipinski definition) is 2. The number of benzene rings is 1. The lowest BCUT2D eigenvalue weighted by Gasteiger charge is -2.15. The monoisotopic (exact) mass is 252 g/mol. The number of aliphatic hydroxyl groups is 1. The molecule has 1 unspecified atom stereocenters. The van der Waals surface area contributed by atoms with E-state index in [1.807, 2.05) is 20.8 Å². The molecule has 0 heterocycles. The molecule has 100 valence electrons. The summed E-state index contributed by atoms with van der Waals surface area (Å²) in [4.78, 5) is 10.2. The fourth-order valence-corrected chi connectivity index (χ4v) is 1.65. The van der Waals surface area contributed by atoms with E-state index in [0.717, 1.165) is 11.3 Å². The lowest BCUT2D eigenvalue weighted by atomic mass is 10.0. The van der Waals surface area contributed by atoms with Crippen molar-refractivity contribution < 1.29 is 10.0 Å². The highest BCUT2D eigenvalue weighted by Gasteiger charge is 2.10. The molecule has 0 aromatic heterocycles. The molecular weight excluding hydrogens is 232 g/mol. The molecule has 0 radical (unpaired) electrons. The van der Waals surface area contributed by atoms with Gasteiger partial charge in [0.2, 0.25) is 0 Å². The van der Waals surface area contributed by atoms with Crippen LogP contribution in [0.4, 0.5) is 11.4 Å². The van der Waals surface area contributed by atoms with Crippen LogP contribution in [-0.2, 0) is 0 Å². The van der Waals surface area contributed by atoms with Gasteiger partial charge in [-0.05, 0) is 30.9 Å². The highest BCUT2D eigenvalue weighted by Crippen LogP contribution is 2.21. The average Bonchev–Trinajstić information content (AvgIpc) is 2.30. The Morgan fingerprint density at radius 1 is 1.44 bits per heavy atom. The Labute approximate surface area is 107 Å². The van der Waals surface area contributed by atoms with Crippen LogP contribution in [0.1, 0.15) is 25.8 Å². The SMILES string of the molecule is Cc1cc([N+](=O)[O-])ccc1NCCC(O)C(C)C. The molecule has 1 aromatic rings. The van der Waals surface area contributed by atoms with Crippen LogP contribution in [0, 0.1) is 23.0 Å². The van der Waals surface area contributed by atoms with Crippen molar-refractivity contribution in [3.05, 3.63) is 33.9 Å². The molecule has 0 amide bonds. The summed E-state index contributed by atoms with van der Waals surface area (Å²) in [5.74, 6) is 0.241. The molecule has 0 aliphatic carbocycles. The second-order valence-electron chi connectivity index (χ2n) is 4.78. The van der Waals surface area contributed by atoms with Crippen LogP contribution in [0.25, 0.3) is 0 Å². The Morgan fingerprint density at radius 3 is 2.61 bits per heavy atom. The quantitative estimate of drug-likeness (QED) is 0.603. The first-order valence-electron chi connectivity index (χ1n) is 6.08. The lowest BCUT2D eigenvalue weighted by Crippen LogP contribution is -2.19. The Hall–Kier alpha value is -1.62. The van der Waals surface area contributed by atoms with E-state index < -0.39 is 4.92 Å². The molecule has 1 atom stereocenters. The summed E-state index contributed by atoms with van der Waals surface area (Å²) in [6, 6.07) is 4.73. The van der Waals surface area contributed by atoms with Gasteiger partial charge in [0.1, 0.15) is 0 Å². The highest BCUT2D eigenvalue weighted by atomic mass is 16.6. The molecule has 5 nitrogen and oxygen atoms in total. The van der Waals surface area contributed by atoms with E-state index in [1.54, 1.807) is 12.1 Å². The Morgan fingerprint density at radius 2 is 2.11 bits per heavy atom. The van der Waals surface area contributed by atoms with Crippen LogP contribution < -0.4 is 5.32 Å². The Bertz CT molecular complexity index is 419. The molecule has 0 aliphatic rings. The smallest absolute Gasteiger partial charge is 0.269 e. The lowest BCUT2D eigenvalue weighted by molar-refractivity contribution is -0.384. The van der Waals surface area contributed by atoms with Crippen LogP contribution in [0.2, 0.25) is 0 Å². The molecule has 1 aromatic carbocycles. The van der Waals surface area contributed by atoms with Gasteiger partial charge in [0.15, 0.2) is 0 Å². The van der Waals surface area contributed by atoms with E-state index in [4.69, 9.17) is 0 Å². The van der Waals surface area contributed by atoms with Gasteiger partial charge in [0.25, 0.3) is 5.69 Å². The van der Waals surface area contributed by atoms with Crippen molar-refractivity contribution in [2.45, 2.75) is 33.3 Å². The summed E-state index contributed by atoms with van der Waals surface area (Å²) < 4.78 is 0. The third-order valence-electron chi connectivity index (χ3n) is 2.95. The number of nitro benzene ring substituents is 1. The molecular formula is C13H20N2O3. The highest BCUT2D eigenvalue weighted by molar-refractivity contribution is 5.55. The van der Waals surface area contributed by atoms with Gasteiger partial charge in [-0.3, -0.25) is 10.1 Å². The van der Waals surface area contributed by atoms with Crippen molar-refractivity contribution >= 4 is 11.4 Å². The normalized spacial score (nSPS) is 12.5. The van der Waals surface area contributed by atoms with Gasteiger partial charge in [0, 0.05) is 24.4 Å². The molecule has 0 bridgehead atoms. The largest absolute Gasteiger partial charge is 0.393 e. The molecule has 0 aliphatic heterocycles. The van der Waals surface area contributed by atoms with Crippen molar-refractivity contribution in [2.24, 2.45) is 5.92 Å². The molecule has 0 fully saturated rings. The van der Waals surface area contributed by atoms with Gasteiger partial charge in [-0.25, -0.2) is 0 Å². The maximum atomic E-state index is 10.6. The molecule has 1 rings (SSSR count). The zero-order chi connectivity index (χ0) is 13.7. The van der Waals surface area contributed by atoms with Crippen molar-refractivity contribution in [3.63, 3.8) is 0 Å². The van der Waals surface area contributed by atoms with Gasteiger partial charge < -0.3 is 10.4 Å². The first kappa shape index (κ1) is 14.4. The van der Waals surface area contributed by atoms with E-state index in [0.29, 0.717) is 13.0 Å². The summed E-state index contributed by atoms with van der Waals surface area (Å²) in [5, 5.41) is 23.4. The fourth-order valence-electron chi connectivity index (χ4n) is 1.65. The zero-order valence-electron chi connectivity index (χ0n) is 11.0. The van der Waals surface area contributed by atoms with Crippen LogP contribution in [0.15, 0.2) is 18.2 Å². The summed E-state index contributed by atoms with van der Waals surface area (Å²) in [7, 11) is 0. The number of aliphatic hydroxyl groups excluding tert-OH is 1. The topological polar surface area (TPSA) is 75.4 Å². The maximum absolute atomic E-state index is 10.6. The molecule has 0 saturated carbocycles. The molecule has 0 saturated heterocycles. The van der Waals surface area contributed by atoms with Crippen molar-refractivity contribution in [3.8, 4) is 0 Å². The standard InChI is InChI=1S/C13H20N2O3/c1-9(2)13(16)6-7-14-12-5-4-11(15(17)18)8-10(12)3/h4-5,8-9,13-14,16H,6-7H2,1-3H3. The van der Waals surface area contributed by atoms with Crippen molar-refractivity contribution in [1.29, 1.82) is 0 Å². The van der Waals surface area contributed by atoms with Gasteiger partial charge in [-0.15, -0.1) is 0 Å². The molecule has 0 spiro atoms. The summed E-state index contributed by atoms with van der Waals surface area (Å²) >= 11 is 0. The second-order valence-corrected chi connectivity index (χ2v) is 4.78.